The van der Waals surface area contributed by atoms with Crippen LogP contribution in [0.4, 0.5) is 0 Å². The Hall–Kier alpha value is -0.0200. The van der Waals surface area contributed by atoms with Crippen molar-refractivity contribution in [1.82, 2.24) is 0 Å². The molecule has 0 radical (unpaired) electrons. The van der Waals surface area contributed by atoms with Crippen molar-refractivity contribution in [3.8, 4) is 0 Å². The fourth-order valence-electron chi connectivity index (χ4n) is 0. The number of aliphatic hydroxyl groups is 1. The average molecular weight is 106 g/mol. The summed E-state index contributed by atoms with van der Waals surface area (Å²) in [6, 6.07) is 0. The zero-order chi connectivity index (χ0) is 5.15. The number of hydrogen-bond acceptors (Lipinski definition) is 3. The van der Waals surface area contributed by atoms with Crippen molar-refractivity contribution in [2.45, 2.75) is 12.4 Å². The summed E-state index contributed by atoms with van der Waals surface area (Å²) < 4.78 is 0. The second-order valence-corrected chi connectivity index (χ2v) is 1.47. The van der Waals surface area contributed by atoms with Gasteiger partial charge in [-0.05, 0) is 6.92 Å². The van der Waals surface area contributed by atoms with Gasteiger partial charge in [-0.1, -0.05) is 0 Å². The Morgan fingerprint density at radius 3 is 2.17 bits per heavy atom. The van der Waals surface area contributed by atoms with Gasteiger partial charge in [0.05, 0.1) is 0 Å². The number of carbonyl (C=O) groups excluding carboxylic acids is 1. The fourth-order valence-corrected chi connectivity index (χ4v) is 0. The van der Waals surface area contributed by atoms with Crippen LogP contribution in [0, 0.1) is 0 Å². The molecule has 0 rings (SSSR count). The Kier molecular flexibility index (Phi) is 2.20. The Labute approximate surface area is 41.6 Å². The standard InChI is InChI=1S/C3H6O2S/c1-2(4)3(5)6/h3,5-6H,1H3/t3-/m1/s1. The molecule has 0 heterocycles. The summed E-state index contributed by atoms with van der Waals surface area (Å²) in [6.45, 7) is 1.28. The van der Waals surface area contributed by atoms with E-state index in [-0.39, 0.29) is 5.78 Å². The van der Waals surface area contributed by atoms with Crippen LogP contribution < -0.4 is 0 Å². The molecular formula is C3H6O2S. The highest BCUT2D eigenvalue weighted by Crippen LogP contribution is 1.86. The van der Waals surface area contributed by atoms with E-state index in [1.807, 2.05) is 0 Å². The lowest BCUT2D eigenvalue weighted by atomic mass is 10.5. The predicted octanol–water partition coefficient (Wildman–Crippen LogP) is -0.176. The van der Waals surface area contributed by atoms with E-state index >= 15 is 0 Å². The lowest BCUT2D eigenvalue weighted by Crippen LogP contribution is -2.07. The lowest BCUT2D eigenvalue weighted by molar-refractivity contribution is -0.120. The lowest BCUT2D eigenvalue weighted by Gasteiger charge is -1.89. The van der Waals surface area contributed by atoms with E-state index in [1.54, 1.807) is 0 Å². The SMILES string of the molecule is CC(=O)[C@H](O)S. The monoisotopic (exact) mass is 106 g/mol. The summed E-state index contributed by atoms with van der Waals surface area (Å²) >= 11 is 3.40. The summed E-state index contributed by atoms with van der Waals surface area (Å²) in [5, 5.41) is 8.14. The van der Waals surface area contributed by atoms with E-state index in [9.17, 15) is 4.79 Å². The first-order chi connectivity index (χ1) is 2.64. The van der Waals surface area contributed by atoms with Gasteiger partial charge in [0.2, 0.25) is 0 Å². The summed E-state index contributed by atoms with van der Waals surface area (Å²) in [4.78, 5) is 9.82. The molecule has 3 heteroatoms. The zero-order valence-corrected chi connectivity index (χ0v) is 4.27. The molecule has 0 aliphatic heterocycles. The minimum atomic E-state index is -1.09. The van der Waals surface area contributed by atoms with E-state index in [2.05, 4.69) is 12.6 Å². The number of Topliss-reactive ketones (excluding diaryl/α,β-unsaturated/α-hetero) is 1. The highest BCUT2D eigenvalue weighted by molar-refractivity contribution is 7.81. The molecule has 6 heavy (non-hydrogen) atoms. The summed E-state index contributed by atoms with van der Waals surface area (Å²) in [7, 11) is 0. The van der Waals surface area contributed by atoms with E-state index in [0.29, 0.717) is 0 Å². The van der Waals surface area contributed by atoms with Gasteiger partial charge in [0.25, 0.3) is 0 Å². The highest BCUT2D eigenvalue weighted by Gasteiger charge is 1.98. The first-order valence-electron chi connectivity index (χ1n) is 1.51. The van der Waals surface area contributed by atoms with Crippen LogP contribution in [-0.4, -0.2) is 16.3 Å². The van der Waals surface area contributed by atoms with Crippen LogP contribution in [-0.2, 0) is 4.79 Å². The molecule has 0 amide bonds. The van der Waals surface area contributed by atoms with Gasteiger partial charge in [-0.2, -0.15) is 0 Å². The van der Waals surface area contributed by atoms with Crippen LogP contribution in [0.25, 0.3) is 0 Å². The molecule has 0 saturated carbocycles. The maximum Gasteiger partial charge on any atom is 0.168 e. The van der Waals surface area contributed by atoms with Gasteiger partial charge in [0.1, 0.15) is 0 Å². The molecular weight excluding hydrogens is 100 g/mol. The normalized spacial score (nSPS) is 13.8. The van der Waals surface area contributed by atoms with Crippen molar-refractivity contribution in [3.05, 3.63) is 0 Å². The zero-order valence-electron chi connectivity index (χ0n) is 3.38. The maximum absolute atomic E-state index is 9.82. The number of thiol groups is 1. The smallest absolute Gasteiger partial charge is 0.168 e. The fraction of sp³-hybridized carbons (Fsp3) is 0.667. The van der Waals surface area contributed by atoms with Crippen LogP contribution in [0.2, 0.25) is 0 Å². The van der Waals surface area contributed by atoms with Gasteiger partial charge >= 0.3 is 0 Å². The van der Waals surface area contributed by atoms with E-state index in [1.165, 1.54) is 6.92 Å². The van der Waals surface area contributed by atoms with E-state index in [4.69, 9.17) is 5.11 Å². The van der Waals surface area contributed by atoms with Crippen LogP contribution in [0.15, 0.2) is 0 Å². The van der Waals surface area contributed by atoms with Gasteiger partial charge in [-0.25, -0.2) is 0 Å². The van der Waals surface area contributed by atoms with Gasteiger partial charge in [-0.15, -0.1) is 12.6 Å². The number of carbonyl (C=O) groups is 1. The summed E-state index contributed by atoms with van der Waals surface area (Å²) in [5.74, 6) is -0.321. The molecule has 1 atom stereocenters. The van der Waals surface area contributed by atoms with Gasteiger partial charge in [-0.3, -0.25) is 4.79 Å². The second-order valence-electron chi connectivity index (χ2n) is 0.984. The third-order valence-corrected chi connectivity index (χ3v) is 0.727. The average Bonchev–Trinajstić information content (AvgIpc) is 1.36. The number of hydrogen-bond donors (Lipinski definition) is 2. The maximum atomic E-state index is 9.82. The number of aliphatic hydroxyl groups excluding tert-OH is 1. The minimum Gasteiger partial charge on any atom is -0.375 e. The predicted molar refractivity (Wildman–Crippen MR) is 25.7 cm³/mol. The van der Waals surface area contributed by atoms with Crippen molar-refractivity contribution in [2.75, 3.05) is 0 Å². The molecule has 0 aromatic carbocycles. The second kappa shape index (κ2) is 2.21. The molecule has 0 fully saturated rings. The van der Waals surface area contributed by atoms with E-state index in [0.717, 1.165) is 0 Å². The minimum absolute atomic E-state index is 0.321. The topological polar surface area (TPSA) is 37.3 Å². The molecule has 1 N–H and O–H groups in total. The molecule has 36 valence electrons. The quantitative estimate of drug-likeness (QED) is 0.359. The number of rotatable bonds is 1. The molecule has 0 aliphatic carbocycles. The van der Waals surface area contributed by atoms with Crippen molar-refractivity contribution in [3.63, 3.8) is 0 Å². The Balaban J connectivity index is 3.26. The van der Waals surface area contributed by atoms with Crippen LogP contribution in [0.3, 0.4) is 0 Å². The Morgan fingerprint density at radius 1 is 2.00 bits per heavy atom. The Bertz CT molecular complexity index is 59.8. The van der Waals surface area contributed by atoms with Crippen molar-refractivity contribution in [2.24, 2.45) is 0 Å². The molecule has 0 spiro atoms. The third-order valence-electron chi connectivity index (χ3n) is 0.364. The van der Waals surface area contributed by atoms with Crippen molar-refractivity contribution in [1.29, 1.82) is 0 Å². The summed E-state index contributed by atoms with van der Waals surface area (Å²) in [5.41, 5.74) is -1.09. The van der Waals surface area contributed by atoms with Crippen molar-refractivity contribution < 1.29 is 9.90 Å². The largest absolute Gasteiger partial charge is 0.375 e. The van der Waals surface area contributed by atoms with Crippen LogP contribution >= 0.6 is 12.6 Å². The molecule has 0 saturated heterocycles. The number of ketones is 1. The van der Waals surface area contributed by atoms with Crippen LogP contribution in [0.1, 0.15) is 6.92 Å². The van der Waals surface area contributed by atoms with E-state index < -0.39 is 5.44 Å². The van der Waals surface area contributed by atoms with Crippen molar-refractivity contribution >= 4 is 18.4 Å². The van der Waals surface area contributed by atoms with Gasteiger partial charge < -0.3 is 5.11 Å². The molecule has 2 nitrogen and oxygen atoms in total. The summed E-state index contributed by atoms with van der Waals surface area (Å²) in [6.07, 6.45) is 0. The third kappa shape index (κ3) is 2.23. The highest BCUT2D eigenvalue weighted by atomic mass is 32.1. The molecule has 0 bridgehead atoms. The van der Waals surface area contributed by atoms with Gasteiger partial charge in [0.15, 0.2) is 11.2 Å². The Morgan fingerprint density at radius 2 is 2.17 bits per heavy atom. The molecule has 0 unspecified atom stereocenters. The van der Waals surface area contributed by atoms with Crippen LogP contribution in [0.5, 0.6) is 0 Å². The first-order valence-corrected chi connectivity index (χ1v) is 2.03. The molecule has 0 aliphatic rings. The first kappa shape index (κ1) is 5.98. The molecule has 0 aromatic rings. The molecule has 0 aromatic heterocycles. The van der Waals surface area contributed by atoms with Gasteiger partial charge in [0, 0.05) is 0 Å².